The molecular weight excluding hydrogens is 230 g/mol. The molecule has 0 spiro atoms. The first kappa shape index (κ1) is 12.2. The summed E-state index contributed by atoms with van der Waals surface area (Å²) in [4.78, 5) is 5.47. The Kier molecular flexibility index (Phi) is 3.57. The van der Waals surface area contributed by atoms with Crippen LogP contribution in [0.5, 0.6) is 0 Å². The van der Waals surface area contributed by atoms with E-state index in [-0.39, 0.29) is 6.04 Å². The summed E-state index contributed by atoms with van der Waals surface area (Å²) in [5, 5.41) is 0. The molecule has 0 aliphatic rings. The van der Waals surface area contributed by atoms with Gasteiger partial charge in [0.15, 0.2) is 0 Å². The zero-order chi connectivity index (χ0) is 12.4. The van der Waals surface area contributed by atoms with Gasteiger partial charge in [0.1, 0.15) is 0 Å². The minimum atomic E-state index is 0.0300. The molecule has 90 valence electrons. The molecule has 0 bridgehead atoms. The second kappa shape index (κ2) is 4.96. The average molecular weight is 247 g/mol. The summed E-state index contributed by atoms with van der Waals surface area (Å²) in [6.07, 6.45) is 0. The fourth-order valence-corrected chi connectivity index (χ4v) is 2.86. The van der Waals surface area contributed by atoms with Crippen LogP contribution in [-0.2, 0) is 0 Å². The molecule has 0 aliphatic heterocycles. The number of hydrogen-bond donors (Lipinski definition) is 2. The lowest BCUT2D eigenvalue weighted by Gasteiger charge is -2.19. The number of hydrazine groups is 1. The highest BCUT2D eigenvalue weighted by Gasteiger charge is 2.18. The maximum absolute atomic E-state index is 5.71. The molecular formula is C13H17N3S. The number of thiazole rings is 1. The van der Waals surface area contributed by atoms with Gasteiger partial charge in [-0.05, 0) is 37.5 Å². The van der Waals surface area contributed by atoms with Gasteiger partial charge in [0.25, 0.3) is 0 Å². The first-order valence-electron chi connectivity index (χ1n) is 5.57. The van der Waals surface area contributed by atoms with Crippen LogP contribution in [0.25, 0.3) is 0 Å². The van der Waals surface area contributed by atoms with Gasteiger partial charge in [0, 0.05) is 0 Å². The monoisotopic (exact) mass is 247 g/mol. The molecule has 4 heteroatoms. The van der Waals surface area contributed by atoms with E-state index in [2.05, 4.69) is 42.5 Å². The van der Waals surface area contributed by atoms with Gasteiger partial charge in [-0.1, -0.05) is 18.2 Å². The highest BCUT2D eigenvalue weighted by atomic mass is 32.1. The molecule has 17 heavy (non-hydrogen) atoms. The van der Waals surface area contributed by atoms with Crippen molar-refractivity contribution in [2.24, 2.45) is 5.84 Å². The number of benzene rings is 1. The van der Waals surface area contributed by atoms with Gasteiger partial charge < -0.3 is 0 Å². The van der Waals surface area contributed by atoms with Crippen molar-refractivity contribution in [3.05, 3.63) is 51.0 Å². The van der Waals surface area contributed by atoms with E-state index in [1.54, 1.807) is 11.3 Å². The van der Waals surface area contributed by atoms with Crippen molar-refractivity contribution < 1.29 is 0 Å². The topological polar surface area (TPSA) is 50.9 Å². The lowest BCUT2D eigenvalue weighted by Crippen LogP contribution is -2.29. The Bertz CT molecular complexity index is 519. The van der Waals surface area contributed by atoms with E-state index in [1.807, 2.05) is 12.4 Å². The van der Waals surface area contributed by atoms with Crippen LogP contribution < -0.4 is 11.3 Å². The number of aryl methyl sites for hydroxylation is 2. The van der Waals surface area contributed by atoms with Crippen LogP contribution >= 0.6 is 11.3 Å². The van der Waals surface area contributed by atoms with Gasteiger partial charge in [-0.2, -0.15) is 0 Å². The first-order valence-corrected chi connectivity index (χ1v) is 6.45. The molecule has 1 heterocycles. The standard InChI is InChI=1S/C13H17N3S/c1-8-5-4-6-11(9(8)2)12(16-14)13-10(3)15-7-17-13/h4-7,12,16H,14H2,1-3H3. The molecule has 0 amide bonds. The Balaban J connectivity index is 2.50. The Labute approximate surface area is 106 Å². The predicted octanol–water partition coefficient (Wildman–Crippen LogP) is 2.62. The lowest BCUT2D eigenvalue weighted by molar-refractivity contribution is 0.638. The van der Waals surface area contributed by atoms with E-state index in [0.717, 1.165) is 5.69 Å². The van der Waals surface area contributed by atoms with Crippen molar-refractivity contribution >= 4 is 11.3 Å². The van der Waals surface area contributed by atoms with Gasteiger partial charge >= 0.3 is 0 Å². The van der Waals surface area contributed by atoms with Crippen molar-refractivity contribution in [1.29, 1.82) is 0 Å². The summed E-state index contributed by atoms with van der Waals surface area (Å²) in [5.74, 6) is 5.71. The third-order valence-corrected chi connectivity index (χ3v) is 4.16. The molecule has 0 saturated heterocycles. The summed E-state index contributed by atoms with van der Waals surface area (Å²) in [6, 6.07) is 6.33. The van der Waals surface area contributed by atoms with Crippen LogP contribution in [0.1, 0.15) is 33.3 Å². The molecule has 3 nitrogen and oxygen atoms in total. The number of hydrogen-bond acceptors (Lipinski definition) is 4. The molecule has 1 unspecified atom stereocenters. The van der Waals surface area contributed by atoms with Crippen molar-refractivity contribution in [1.82, 2.24) is 10.4 Å². The molecule has 0 radical (unpaired) electrons. The van der Waals surface area contributed by atoms with Gasteiger partial charge in [-0.25, -0.2) is 10.4 Å². The second-order valence-corrected chi connectivity index (χ2v) is 5.08. The van der Waals surface area contributed by atoms with Gasteiger partial charge in [0.2, 0.25) is 0 Å². The van der Waals surface area contributed by atoms with E-state index in [1.165, 1.54) is 21.6 Å². The minimum absolute atomic E-state index is 0.0300. The molecule has 1 atom stereocenters. The summed E-state index contributed by atoms with van der Waals surface area (Å²) >= 11 is 1.64. The molecule has 0 aliphatic carbocycles. The van der Waals surface area contributed by atoms with Crippen molar-refractivity contribution in [2.75, 3.05) is 0 Å². The average Bonchev–Trinajstić information content (AvgIpc) is 2.72. The summed E-state index contributed by atoms with van der Waals surface area (Å²) < 4.78 is 0. The van der Waals surface area contributed by atoms with Crippen LogP contribution in [0, 0.1) is 20.8 Å². The van der Waals surface area contributed by atoms with Crippen molar-refractivity contribution in [2.45, 2.75) is 26.8 Å². The van der Waals surface area contributed by atoms with Crippen LogP contribution in [0.15, 0.2) is 23.7 Å². The van der Waals surface area contributed by atoms with Crippen LogP contribution in [0.2, 0.25) is 0 Å². The maximum atomic E-state index is 5.71. The molecule has 0 saturated carbocycles. The SMILES string of the molecule is Cc1cccc(C(NN)c2scnc2C)c1C. The Morgan fingerprint density at radius 1 is 1.29 bits per heavy atom. The molecule has 3 N–H and O–H groups in total. The zero-order valence-corrected chi connectivity index (χ0v) is 11.1. The molecule has 2 rings (SSSR count). The smallest absolute Gasteiger partial charge is 0.0823 e. The number of nitrogens with one attached hydrogen (secondary N) is 1. The van der Waals surface area contributed by atoms with Gasteiger partial charge in [0.05, 0.1) is 22.1 Å². The van der Waals surface area contributed by atoms with Crippen LogP contribution in [0.4, 0.5) is 0 Å². The highest BCUT2D eigenvalue weighted by molar-refractivity contribution is 7.09. The Hall–Kier alpha value is -1.23. The fraction of sp³-hybridized carbons (Fsp3) is 0.308. The predicted molar refractivity (Wildman–Crippen MR) is 71.9 cm³/mol. The summed E-state index contributed by atoms with van der Waals surface area (Å²) in [6.45, 7) is 6.26. The Morgan fingerprint density at radius 2 is 2.06 bits per heavy atom. The first-order chi connectivity index (χ1) is 8.15. The normalized spacial score (nSPS) is 12.7. The van der Waals surface area contributed by atoms with Gasteiger partial charge in [-0.15, -0.1) is 11.3 Å². The third kappa shape index (κ3) is 2.24. The number of rotatable bonds is 3. The van der Waals surface area contributed by atoms with E-state index in [4.69, 9.17) is 5.84 Å². The minimum Gasteiger partial charge on any atom is -0.271 e. The van der Waals surface area contributed by atoms with Crippen LogP contribution in [0.3, 0.4) is 0 Å². The number of aromatic nitrogens is 1. The third-order valence-electron chi connectivity index (χ3n) is 3.17. The van der Waals surface area contributed by atoms with E-state index < -0.39 is 0 Å². The quantitative estimate of drug-likeness (QED) is 0.647. The molecule has 2 aromatic rings. The summed E-state index contributed by atoms with van der Waals surface area (Å²) in [7, 11) is 0. The fourth-order valence-electron chi connectivity index (χ4n) is 1.98. The highest BCUT2D eigenvalue weighted by Crippen LogP contribution is 2.30. The largest absolute Gasteiger partial charge is 0.271 e. The van der Waals surface area contributed by atoms with Crippen LogP contribution in [-0.4, -0.2) is 4.98 Å². The lowest BCUT2D eigenvalue weighted by atomic mass is 9.96. The van der Waals surface area contributed by atoms with E-state index >= 15 is 0 Å². The Morgan fingerprint density at radius 3 is 2.65 bits per heavy atom. The van der Waals surface area contributed by atoms with Crippen molar-refractivity contribution in [3.8, 4) is 0 Å². The zero-order valence-electron chi connectivity index (χ0n) is 10.3. The van der Waals surface area contributed by atoms with E-state index in [9.17, 15) is 0 Å². The molecule has 0 fully saturated rings. The number of nitrogens with two attached hydrogens (primary N) is 1. The van der Waals surface area contributed by atoms with Gasteiger partial charge in [-0.3, -0.25) is 5.84 Å². The maximum Gasteiger partial charge on any atom is 0.0823 e. The van der Waals surface area contributed by atoms with E-state index in [0.29, 0.717) is 0 Å². The number of nitrogens with zero attached hydrogens (tertiary/aromatic N) is 1. The second-order valence-electron chi connectivity index (χ2n) is 4.19. The molecule has 1 aromatic carbocycles. The van der Waals surface area contributed by atoms with Crippen molar-refractivity contribution in [3.63, 3.8) is 0 Å². The molecule has 1 aromatic heterocycles. The summed E-state index contributed by atoms with van der Waals surface area (Å²) in [5.41, 5.74) is 9.59.